The molecular formula is C28H63BNO3+. The summed E-state index contributed by atoms with van der Waals surface area (Å²) in [6, 6.07) is 0. The second kappa shape index (κ2) is 22.4. The predicted molar refractivity (Wildman–Crippen MR) is 147 cm³/mol. The normalized spacial score (nSPS) is 12.9. The van der Waals surface area contributed by atoms with E-state index < -0.39 is 7.32 Å². The molecule has 2 N–H and O–H groups in total. The maximum absolute atomic E-state index is 9.60. The maximum Gasteiger partial charge on any atom is 0.634 e. The highest BCUT2D eigenvalue weighted by Gasteiger charge is 2.40. The van der Waals surface area contributed by atoms with Crippen LogP contribution in [0.3, 0.4) is 0 Å². The van der Waals surface area contributed by atoms with E-state index in [9.17, 15) is 10.0 Å². The topological polar surface area (TPSA) is 49.7 Å². The summed E-state index contributed by atoms with van der Waals surface area (Å²) in [5.41, 5.74) is -0.360. The molecule has 0 saturated carbocycles. The van der Waals surface area contributed by atoms with Crippen molar-refractivity contribution in [1.29, 1.82) is 0 Å². The SMILES string of the molecule is CCCCCCC(CCCC)C(CCCC)(CCCC)OB(O)O.CC[N+](CC)(CC)CC. The Kier molecular flexibility index (Phi) is 23.8. The predicted octanol–water partition coefficient (Wildman–Crippen LogP) is 7.75. The van der Waals surface area contributed by atoms with Gasteiger partial charge in [0.25, 0.3) is 0 Å². The minimum atomic E-state index is -1.65. The van der Waals surface area contributed by atoms with E-state index in [-0.39, 0.29) is 5.60 Å². The van der Waals surface area contributed by atoms with Gasteiger partial charge < -0.3 is 19.2 Å². The molecule has 0 bridgehead atoms. The second-order valence-corrected chi connectivity index (χ2v) is 10.0. The lowest BCUT2D eigenvalue weighted by Crippen LogP contribution is -2.47. The third-order valence-electron chi connectivity index (χ3n) is 7.99. The second-order valence-electron chi connectivity index (χ2n) is 10.0. The zero-order valence-corrected chi connectivity index (χ0v) is 24.1. The van der Waals surface area contributed by atoms with Crippen molar-refractivity contribution in [3.8, 4) is 0 Å². The molecule has 0 aromatic carbocycles. The number of unbranched alkanes of at least 4 members (excludes halogenated alkanes) is 6. The van der Waals surface area contributed by atoms with E-state index in [0.717, 1.165) is 51.4 Å². The highest BCUT2D eigenvalue weighted by molar-refractivity contribution is 6.32. The summed E-state index contributed by atoms with van der Waals surface area (Å²) < 4.78 is 7.15. The van der Waals surface area contributed by atoms with Crippen LogP contribution in [-0.4, -0.2) is 53.6 Å². The molecule has 0 heterocycles. The van der Waals surface area contributed by atoms with Gasteiger partial charge in [-0.3, -0.25) is 0 Å². The standard InChI is InChI=1S/C20H43BO3.C8H20N/c1-5-9-13-14-16-19(15-10-6-2)20(17-11-7-3,18-12-8-4)24-21(22)23;1-5-9(6-2,7-3)8-4/h19,22-23H,5-18H2,1-4H3;5-8H2,1-4H3/q;+1. The van der Waals surface area contributed by atoms with Gasteiger partial charge in [0.1, 0.15) is 0 Å². The third-order valence-corrected chi connectivity index (χ3v) is 7.99. The average Bonchev–Trinajstić information content (AvgIpc) is 2.82. The maximum atomic E-state index is 9.60. The minimum absolute atomic E-state index is 0.360. The molecule has 0 saturated heterocycles. The molecule has 200 valence electrons. The van der Waals surface area contributed by atoms with Gasteiger partial charge in [0.05, 0.1) is 31.8 Å². The van der Waals surface area contributed by atoms with Gasteiger partial charge in [-0.05, 0) is 59.3 Å². The lowest BCUT2D eigenvalue weighted by Gasteiger charge is -2.42. The van der Waals surface area contributed by atoms with Crippen LogP contribution in [0.2, 0.25) is 0 Å². The van der Waals surface area contributed by atoms with E-state index in [0.29, 0.717) is 5.92 Å². The first-order valence-corrected chi connectivity index (χ1v) is 14.7. The van der Waals surface area contributed by atoms with E-state index in [1.54, 1.807) is 0 Å². The van der Waals surface area contributed by atoms with Crippen LogP contribution in [0.1, 0.15) is 145 Å². The fourth-order valence-corrected chi connectivity index (χ4v) is 5.19. The molecule has 0 aliphatic heterocycles. The van der Waals surface area contributed by atoms with Crippen LogP contribution in [0.5, 0.6) is 0 Å². The van der Waals surface area contributed by atoms with Gasteiger partial charge in [-0.1, -0.05) is 91.9 Å². The Labute approximate surface area is 209 Å². The van der Waals surface area contributed by atoms with Gasteiger partial charge in [0.15, 0.2) is 0 Å². The van der Waals surface area contributed by atoms with Gasteiger partial charge in [-0.25, -0.2) is 0 Å². The molecule has 0 aromatic rings. The Bertz CT molecular complexity index is 377. The van der Waals surface area contributed by atoms with Crippen molar-refractivity contribution in [1.82, 2.24) is 0 Å². The van der Waals surface area contributed by atoms with Crippen molar-refractivity contribution in [2.24, 2.45) is 5.92 Å². The molecule has 1 atom stereocenters. The molecule has 0 aromatic heterocycles. The van der Waals surface area contributed by atoms with Crippen LogP contribution >= 0.6 is 0 Å². The summed E-state index contributed by atoms with van der Waals surface area (Å²) in [5, 5.41) is 19.2. The van der Waals surface area contributed by atoms with E-state index in [1.807, 2.05) is 0 Å². The summed E-state index contributed by atoms with van der Waals surface area (Å²) in [6.45, 7) is 23.1. The summed E-state index contributed by atoms with van der Waals surface area (Å²) in [6.07, 6.45) is 16.0. The largest absolute Gasteiger partial charge is 0.634 e. The van der Waals surface area contributed by atoms with E-state index in [1.165, 1.54) is 69.2 Å². The smallest absolute Gasteiger partial charge is 0.402 e. The van der Waals surface area contributed by atoms with Crippen LogP contribution in [-0.2, 0) is 4.65 Å². The molecule has 1 unspecified atom stereocenters. The molecule has 0 amide bonds. The van der Waals surface area contributed by atoms with Crippen LogP contribution in [0.25, 0.3) is 0 Å². The number of rotatable bonds is 21. The fraction of sp³-hybridized carbons (Fsp3) is 1.00. The number of quaternary nitrogens is 1. The Morgan fingerprint density at radius 3 is 1.36 bits per heavy atom. The quantitative estimate of drug-likeness (QED) is 0.102. The highest BCUT2D eigenvalue weighted by atomic mass is 16.6. The first-order valence-electron chi connectivity index (χ1n) is 14.7. The molecule has 5 heteroatoms. The first kappa shape index (κ1) is 35.1. The lowest BCUT2D eigenvalue weighted by molar-refractivity contribution is -0.921. The molecule has 0 fully saturated rings. The van der Waals surface area contributed by atoms with Crippen molar-refractivity contribution in [3.63, 3.8) is 0 Å². The van der Waals surface area contributed by atoms with Crippen molar-refractivity contribution >= 4 is 7.32 Å². The molecule has 4 nitrogen and oxygen atoms in total. The van der Waals surface area contributed by atoms with Crippen molar-refractivity contribution in [3.05, 3.63) is 0 Å². The fourth-order valence-electron chi connectivity index (χ4n) is 5.19. The van der Waals surface area contributed by atoms with Crippen LogP contribution in [0, 0.1) is 5.92 Å². The number of hydrogen-bond acceptors (Lipinski definition) is 3. The molecule has 0 radical (unpaired) electrons. The molecule has 0 aliphatic carbocycles. The molecular weight excluding hydrogens is 409 g/mol. The number of nitrogens with zero attached hydrogens (tertiary/aromatic N) is 1. The van der Waals surface area contributed by atoms with Gasteiger partial charge >= 0.3 is 7.32 Å². The summed E-state index contributed by atoms with van der Waals surface area (Å²) in [5.74, 6) is 0.439. The van der Waals surface area contributed by atoms with Crippen molar-refractivity contribution < 1.29 is 19.2 Å². The number of hydrogen-bond donors (Lipinski definition) is 2. The third kappa shape index (κ3) is 15.5. The van der Waals surface area contributed by atoms with Crippen LogP contribution in [0.15, 0.2) is 0 Å². The van der Waals surface area contributed by atoms with Crippen LogP contribution < -0.4 is 0 Å². The summed E-state index contributed by atoms with van der Waals surface area (Å²) in [4.78, 5) is 0. The molecule has 0 aliphatic rings. The van der Waals surface area contributed by atoms with Gasteiger partial charge in [0.2, 0.25) is 0 Å². The zero-order chi connectivity index (χ0) is 25.6. The Morgan fingerprint density at radius 1 is 0.606 bits per heavy atom. The minimum Gasteiger partial charge on any atom is -0.402 e. The molecule has 0 rings (SSSR count). The molecule has 0 spiro atoms. The molecule has 33 heavy (non-hydrogen) atoms. The lowest BCUT2D eigenvalue weighted by atomic mass is 9.73. The monoisotopic (exact) mass is 472 g/mol. The van der Waals surface area contributed by atoms with Crippen LogP contribution in [0.4, 0.5) is 0 Å². The van der Waals surface area contributed by atoms with E-state index in [4.69, 9.17) is 4.65 Å². The van der Waals surface area contributed by atoms with Crippen molar-refractivity contribution in [2.45, 2.75) is 151 Å². The van der Waals surface area contributed by atoms with Crippen molar-refractivity contribution in [2.75, 3.05) is 26.2 Å². The first-order chi connectivity index (χ1) is 15.8. The summed E-state index contributed by atoms with van der Waals surface area (Å²) >= 11 is 0. The average molecular weight is 473 g/mol. The summed E-state index contributed by atoms with van der Waals surface area (Å²) in [7, 11) is -1.65. The van der Waals surface area contributed by atoms with E-state index >= 15 is 0 Å². The van der Waals surface area contributed by atoms with E-state index in [2.05, 4.69) is 55.4 Å². The van der Waals surface area contributed by atoms with Gasteiger partial charge in [0, 0.05) is 0 Å². The zero-order valence-electron chi connectivity index (χ0n) is 24.1. The Balaban J connectivity index is 0. The Hall–Kier alpha value is -0.0951. The Morgan fingerprint density at radius 2 is 1.03 bits per heavy atom. The van der Waals surface area contributed by atoms with Gasteiger partial charge in [-0.15, -0.1) is 0 Å². The van der Waals surface area contributed by atoms with Gasteiger partial charge in [-0.2, -0.15) is 0 Å². The highest BCUT2D eigenvalue weighted by Crippen LogP contribution is 2.40.